The van der Waals surface area contributed by atoms with Crippen LogP contribution in [-0.2, 0) is 12.8 Å². The zero-order chi connectivity index (χ0) is 13.9. The molecular formula is C17H16BrNO. The molecule has 1 amide bonds. The van der Waals surface area contributed by atoms with Gasteiger partial charge in [-0.1, -0.05) is 46.3 Å². The molecule has 1 heterocycles. The fourth-order valence-corrected chi connectivity index (χ4v) is 3.10. The first-order chi connectivity index (χ1) is 9.72. The fourth-order valence-electron chi connectivity index (χ4n) is 2.69. The van der Waals surface area contributed by atoms with E-state index in [0.717, 1.165) is 34.9 Å². The molecule has 1 N–H and O–H groups in total. The molecular weight excluding hydrogens is 314 g/mol. The molecule has 3 rings (SSSR count). The Morgan fingerprint density at radius 3 is 2.75 bits per heavy atom. The van der Waals surface area contributed by atoms with Crippen molar-refractivity contribution in [2.24, 2.45) is 0 Å². The van der Waals surface area contributed by atoms with Crippen molar-refractivity contribution >= 4 is 21.8 Å². The minimum absolute atomic E-state index is 0.0526. The molecule has 0 radical (unpaired) electrons. The second-order valence-electron chi connectivity index (χ2n) is 5.20. The van der Waals surface area contributed by atoms with Crippen molar-refractivity contribution in [1.82, 2.24) is 5.32 Å². The number of benzene rings is 2. The van der Waals surface area contributed by atoms with Gasteiger partial charge in [-0.3, -0.25) is 4.79 Å². The van der Waals surface area contributed by atoms with Crippen molar-refractivity contribution < 1.29 is 4.79 Å². The maximum absolute atomic E-state index is 12.1. The summed E-state index contributed by atoms with van der Waals surface area (Å²) in [6.45, 7) is 0. The Kier molecular flexibility index (Phi) is 3.88. The van der Waals surface area contributed by atoms with Gasteiger partial charge in [-0.15, -0.1) is 0 Å². The largest absolute Gasteiger partial charge is 0.349 e. The fraction of sp³-hybridized carbons (Fsp3) is 0.235. The molecule has 102 valence electrons. The lowest BCUT2D eigenvalue weighted by molar-refractivity contribution is 0.0923. The van der Waals surface area contributed by atoms with Crippen LogP contribution in [0.15, 0.2) is 53.0 Å². The van der Waals surface area contributed by atoms with Gasteiger partial charge in [-0.25, -0.2) is 0 Å². The van der Waals surface area contributed by atoms with Crippen LogP contribution in [0.1, 0.15) is 27.9 Å². The maximum Gasteiger partial charge on any atom is 0.251 e. The maximum atomic E-state index is 12.1. The highest BCUT2D eigenvalue weighted by molar-refractivity contribution is 9.10. The first-order valence-electron chi connectivity index (χ1n) is 6.85. The molecule has 1 atom stereocenters. The lowest BCUT2D eigenvalue weighted by atomic mass is 9.92. The molecule has 2 aromatic carbocycles. The van der Waals surface area contributed by atoms with Crippen LogP contribution in [0.25, 0.3) is 0 Å². The molecule has 0 fully saturated rings. The van der Waals surface area contributed by atoms with E-state index >= 15 is 0 Å². The number of hydrogen-bond acceptors (Lipinski definition) is 1. The predicted molar refractivity (Wildman–Crippen MR) is 83.9 cm³/mol. The average Bonchev–Trinajstić information content (AvgIpc) is 2.46. The second-order valence-corrected chi connectivity index (χ2v) is 6.12. The van der Waals surface area contributed by atoms with Crippen LogP contribution in [0.3, 0.4) is 0 Å². The van der Waals surface area contributed by atoms with Gasteiger partial charge >= 0.3 is 0 Å². The summed E-state index contributed by atoms with van der Waals surface area (Å²) < 4.78 is 1.03. The second kappa shape index (κ2) is 5.80. The first kappa shape index (κ1) is 13.4. The van der Waals surface area contributed by atoms with Gasteiger partial charge in [0.1, 0.15) is 0 Å². The Morgan fingerprint density at radius 1 is 1.15 bits per heavy atom. The van der Waals surface area contributed by atoms with E-state index in [-0.39, 0.29) is 11.9 Å². The van der Waals surface area contributed by atoms with Gasteiger partial charge in [0.25, 0.3) is 5.91 Å². The summed E-state index contributed by atoms with van der Waals surface area (Å²) in [5.74, 6) is 0.0526. The van der Waals surface area contributed by atoms with Gasteiger partial charge in [0.05, 0.1) is 0 Å². The van der Waals surface area contributed by atoms with Crippen molar-refractivity contribution in [3.05, 3.63) is 69.7 Å². The van der Waals surface area contributed by atoms with Crippen LogP contribution in [-0.4, -0.2) is 11.9 Å². The van der Waals surface area contributed by atoms with E-state index in [4.69, 9.17) is 0 Å². The first-order valence-corrected chi connectivity index (χ1v) is 7.65. The number of hydrogen-bond donors (Lipinski definition) is 1. The summed E-state index contributed by atoms with van der Waals surface area (Å²) in [6.07, 6.45) is 2.88. The lowest BCUT2D eigenvalue weighted by Gasteiger charge is -2.26. The van der Waals surface area contributed by atoms with Crippen molar-refractivity contribution in [3.8, 4) is 0 Å². The number of aryl methyl sites for hydroxylation is 1. The third kappa shape index (κ3) is 2.93. The summed E-state index contributed by atoms with van der Waals surface area (Å²) in [7, 11) is 0. The van der Waals surface area contributed by atoms with Crippen LogP contribution in [0.5, 0.6) is 0 Å². The van der Waals surface area contributed by atoms with Crippen molar-refractivity contribution in [2.45, 2.75) is 25.3 Å². The Morgan fingerprint density at radius 2 is 1.95 bits per heavy atom. The molecule has 0 bridgehead atoms. The Balaban J connectivity index is 1.70. The monoisotopic (exact) mass is 329 g/mol. The number of fused-ring (bicyclic) bond motifs is 1. The SMILES string of the molecule is O=C1NC(CCc2ccccc2)Cc2cc(Br)ccc21. The van der Waals surface area contributed by atoms with Crippen LogP contribution in [0.2, 0.25) is 0 Å². The molecule has 0 aromatic heterocycles. The summed E-state index contributed by atoms with van der Waals surface area (Å²) in [4.78, 5) is 12.1. The summed E-state index contributed by atoms with van der Waals surface area (Å²) in [5.41, 5.74) is 3.27. The van der Waals surface area contributed by atoms with E-state index in [0.29, 0.717) is 0 Å². The molecule has 0 saturated carbocycles. The number of amides is 1. The third-order valence-electron chi connectivity index (χ3n) is 3.74. The van der Waals surface area contributed by atoms with Gasteiger partial charge in [0.2, 0.25) is 0 Å². The topological polar surface area (TPSA) is 29.1 Å². The number of nitrogens with one attached hydrogen (secondary N) is 1. The molecule has 1 aliphatic rings. The van der Waals surface area contributed by atoms with E-state index in [1.54, 1.807) is 0 Å². The van der Waals surface area contributed by atoms with E-state index in [1.807, 2.05) is 18.2 Å². The van der Waals surface area contributed by atoms with Gasteiger partial charge < -0.3 is 5.32 Å². The number of carbonyl (C=O) groups is 1. The molecule has 2 aromatic rings. The Bertz CT molecular complexity index is 624. The highest BCUT2D eigenvalue weighted by Crippen LogP contribution is 2.23. The summed E-state index contributed by atoms with van der Waals surface area (Å²) in [5, 5.41) is 3.11. The predicted octanol–water partition coefficient (Wildman–Crippen LogP) is 3.74. The molecule has 1 unspecified atom stereocenters. The molecule has 0 spiro atoms. The molecule has 0 aliphatic carbocycles. The number of carbonyl (C=O) groups excluding carboxylic acids is 1. The minimum Gasteiger partial charge on any atom is -0.349 e. The third-order valence-corrected chi connectivity index (χ3v) is 4.23. The quantitative estimate of drug-likeness (QED) is 0.913. The Labute approximate surface area is 127 Å². The van der Waals surface area contributed by atoms with Crippen LogP contribution in [0, 0.1) is 0 Å². The molecule has 2 nitrogen and oxygen atoms in total. The molecule has 3 heteroatoms. The van der Waals surface area contributed by atoms with Crippen molar-refractivity contribution in [3.63, 3.8) is 0 Å². The zero-order valence-electron chi connectivity index (χ0n) is 11.1. The van der Waals surface area contributed by atoms with E-state index in [9.17, 15) is 4.79 Å². The van der Waals surface area contributed by atoms with Crippen LogP contribution < -0.4 is 5.32 Å². The molecule has 0 saturated heterocycles. The van der Waals surface area contributed by atoms with E-state index in [1.165, 1.54) is 5.56 Å². The zero-order valence-corrected chi connectivity index (χ0v) is 12.7. The van der Waals surface area contributed by atoms with Crippen molar-refractivity contribution in [1.29, 1.82) is 0 Å². The van der Waals surface area contributed by atoms with Gasteiger partial charge in [0, 0.05) is 16.1 Å². The van der Waals surface area contributed by atoms with E-state index < -0.39 is 0 Å². The van der Waals surface area contributed by atoms with Crippen molar-refractivity contribution in [2.75, 3.05) is 0 Å². The normalized spacial score (nSPS) is 17.4. The smallest absolute Gasteiger partial charge is 0.251 e. The van der Waals surface area contributed by atoms with Crippen LogP contribution in [0.4, 0.5) is 0 Å². The van der Waals surface area contributed by atoms with Gasteiger partial charge in [-0.2, -0.15) is 0 Å². The molecule has 20 heavy (non-hydrogen) atoms. The highest BCUT2D eigenvalue weighted by atomic mass is 79.9. The highest BCUT2D eigenvalue weighted by Gasteiger charge is 2.23. The minimum atomic E-state index is 0.0526. The Hall–Kier alpha value is -1.61. The summed E-state index contributed by atoms with van der Waals surface area (Å²) in [6, 6.07) is 16.5. The number of halogens is 1. The van der Waals surface area contributed by atoms with Gasteiger partial charge in [0.15, 0.2) is 0 Å². The summed E-state index contributed by atoms with van der Waals surface area (Å²) >= 11 is 3.47. The van der Waals surface area contributed by atoms with Crippen LogP contribution >= 0.6 is 15.9 Å². The standard InChI is InChI=1S/C17H16BrNO/c18-14-7-9-16-13(10-14)11-15(19-17(16)20)8-6-12-4-2-1-3-5-12/h1-5,7,9-10,15H,6,8,11H2,(H,19,20). The average molecular weight is 330 g/mol. The van der Waals surface area contributed by atoms with E-state index in [2.05, 4.69) is 51.6 Å². The molecule has 1 aliphatic heterocycles. The number of rotatable bonds is 3. The lowest BCUT2D eigenvalue weighted by Crippen LogP contribution is -2.41. The van der Waals surface area contributed by atoms with Gasteiger partial charge in [-0.05, 0) is 48.6 Å².